The summed E-state index contributed by atoms with van der Waals surface area (Å²) in [5.74, 6) is -1.08. The van der Waals surface area contributed by atoms with E-state index in [9.17, 15) is 14.7 Å². The summed E-state index contributed by atoms with van der Waals surface area (Å²) >= 11 is 0. The summed E-state index contributed by atoms with van der Waals surface area (Å²) in [6.45, 7) is 15.6. The second-order valence-corrected chi connectivity index (χ2v) is 8.19. The van der Waals surface area contributed by atoms with E-state index in [0.29, 0.717) is 19.4 Å². The number of carbonyl (C=O) groups is 2. The van der Waals surface area contributed by atoms with Gasteiger partial charge in [-0.15, -0.1) is 0 Å². The molecular weight excluding hydrogens is 310 g/mol. The third-order valence-corrected chi connectivity index (χ3v) is 4.44. The van der Waals surface area contributed by atoms with E-state index in [-0.39, 0.29) is 5.60 Å². The summed E-state index contributed by atoms with van der Waals surface area (Å²) in [4.78, 5) is 23.5. The molecule has 0 radical (unpaired) electrons. The number of rotatable bonds is 9. The fourth-order valence-corrected chi connectivity index (χ4v) is 1.97. The van der Waals surface area contributed by atoms with E-state index in [1.165, 1.54) is 0 Å². The highest BCUT2D eigenvalue weighted by Gasteiger charge is 2.35. The van der Waals surface area contributed by atoms with Crippen LogP contribution in [0.5, 0.6) is 0 Å². The van der Waals surface area contributed by atoms with Gasteiger partial charge in [-0.2, -0.15) is 0 Å². The van der Waals surface area contributed by atoms with E-state index in [0.717, 1.165) is 6.42 Å². The predicted octanol–water partition coefficient (Wildman–Crippen LogP) is 3.98. The molecule has 2 unspecified atom stereocenters. The Hall–Kier alpha value is -1.30. The summed E-state index contributed by atoms with van der Waals surface area (Å²) in [6, 6.07) is -1.01. The van der Waals surface area contributed by atoms with Gasteiger partial charge in [-0.1, -0.05) is 34.6 Å². The molecule has 0 aromatic carbocycles. The molecule has 0 fully saturated rings. The maximum atomic E-state index is 12.2. The minimum atomic E-state index is -1.08. The van der Waals surface area contributed by atoms with Crippen molar-refractivity contribution in [1.29, 1.82) is 0 Å². The molecule has 0 heterocycles. The maximum absolute atomic E-state index is 12.2. The van der Waals surface area contributed by atoms with Gasteiger partial charge in [0, 0.05) is 6.42 Å². The van der Waals surface area contributed by atoms with Crippen LogP contribution in [0, 0.1) is 5.41 Å². The highest BCUT2D eigenvalue weighted by Crippen LogP contribution is 2.24. The number of carboxylic acids is 1. The predicted molar refractivity (Wildman–Crippen MR) is 94.1 cm³/mol. The number of carbonyl (C=O) groups excluding carboxylic acids is 1. The van der Waals surface area contributed by atoms with E-state index in [4.69, 9.17) is 9.47 Å². The molecule has 0 saturated carbocycles. The van der Waals surface area contributed by atoms with Crippen molar-refractivity contribution >= 4 is 12.1 Å². The lowest BCUT2D eigenvalue weighted by molar-refractivity contribution is -0.142. The molecule has 0 aromatic rings. The van der Waals surface area contributed by atoms with Crippen molar-refractivity contribution in [2.24, 2.45) is 5.41 Å². The third kappa shape index (κ3) is 7.99. The van der Waals surface area contributed by atoms with Crippen LogP contribution in [0.1, 0.15) is 74.7 Å². The van der Waals surface area contributed by atoms with Gasteiger partial charge in [0.1, 0.15) is 11.6 Å². The van der Waals surface area contributed by atoms with Crippen LogP contribution in [0.4, 0.5) is 4.79 Å². The number of hydrogen-bond acceptors (Lipinski definition) is 4. The van der Waals surface area contributed by atoms with E-state index in [2.05, 4.69) is 12.2 Å². The molecule has 6 heteroatoms. The quantitative estimate of drug-likeness (QED) is 0.660. The zero-order valence-corrected chi connectivity index (χ0v) is 16.5. The van der Waals surface area contributed by atoms with Crippen LogP contribution in [0.2, 0.25) is 0 Å². The Labute approximate surface area is 146 Å². The summed E-state index contributed by atoms with van der Waals surface area (Å²) in [5.41, 5.74) is -1.52. The zero-order chi connectivity index (χ0) is 19.2. The highest BCUT2D eigenvalue weighted by atomic mass is 16.6. The van der Waals surface area contributed by atoms with Crippen molar-refractivity contribution < 1.29 is 24.2 Å². The van der Waals surface area contributed by atoms with Crippen molar-refractivity contribution in [2.75, 3.05) is 6.61 Å². The first-order valence-corrected chi connectivity index (χ1v) is 8.62. The highest BCUT2D eigenvalue weighted by molar-refractivity contribution is 5.80. The van der Waals surface area contributed by atoms with Crippen LogP contribution in [0.15, 0.2) is 0 Å². The molecule has 1 amide bonds. The molecule has 0 bridgehead atoms. The van der Waals surface area contributed by atoms with Crippen LogP contribution in [-0.4, -0.2) is 41.0 Å². The third-order valence-electron chi connectivity index (χ3n) is 4.44. The fourth-order valence-electron chi connectivity index (χ4n) is 1.97. The van der Waals surface area contributed by atoms with Gasteiger partial charge in [-0.05, 0) is 39.0 Å². The lowest BCUT2D eigenvalue weighted by Crippen LogP contribution is -2.51. The Balaban J connectivity index is 4.73. The van der Waals surface area contributed by atoms with Gasteiger partial charge in [-0.25, -0.2) is 9.59 Å². The molecular formula is C18H35NO5. The van der Waals surface area contributed by atoms with Crippen molar-refractivity contribution in [3.8, 4) is 0 Å². The minimum absolute atomic E-state index is 0.211. The van der Waals surface area contributed by atoms with E-state index in [1.807, 2.05) is 27.7 Å². The Morgan fingerprint density at radius 3 is 1.96 bits per heavy atom. The van der Waals surface area contributed by atoms with Crippen LogP contribution in [0.25, 0.3) is 0 Å². The smallest absolute Gasteiger partial charge is 0.408 e. The first-order chi connectivity index (χ1) is 10.8. The van der Waals surface area contributed by atoms with Gasteiger partial charge in [0.15, 0.2) is 0 Å². The lowest BCUT2D eigenvalue weighted by atomic mass is 9.87. The van der Waals surface area contributed by atoms with Gasteiger partial charge in [-0.3, -0.25) is 0 Å². The van der Waals surface area contributed by atoms with Crippen LogP contribution < -0.4 is 5.32 Å². The van der Waals surface area contributed by atoms with Crippen molar-refractivity contribution in [1.82, 2.24) is 5.32 Å². The van der Waals surface area contributed by atoms with E-state index in [1.54, 1.807) is 20.8 Å². The fraction of sp³-hybridized carbons (Fsp3) is 0.889. The number of aliphatic carboxylic acids is 1. The number of carboxylic acid groups (broad SMARTS) is 1. The number of hydrogen-bond donors (Lipinski definition) is 2. The summed E-state index contributed by atoms with van der Waals surface area (Å²) in [5, 5.41) is 11.7. The molecule has 0 spiro atoms. The SMILES string of the molecule is CCC(C)(C)OCCC(C)(CC)OC(=O)NC(C(=O)O)C(C)(C)C. The molecule has 0 saturated heterocycles. The summed E-state index contributed by atoms with van der Waals surface area (Å²) < 4.78 is 11.3. The van der Waals surface area contributed by atoms with Gasteiger partial charge < -0.3 is 19.9 Å². The topological polar surface area (TPSA) is 84.9 Å². The first kappa shape index (κ1) is 22.7. The average Bonchev–Trinajstić information content (AvgIpc) is 2.43. The van der Waals surface area contributed by atoms with Crippen LogP contribution in [-0.2, 0) is 14.3 Å². The van der Waals surface area contributed by atoms with Crippen molar-refractivity contribution in [3.05, 3.63) is 0 Å². The van der Waals surface area contributed by atoms with Gasteiger partial charge >= 0.3 is 12.1 Å². The molecule has 2 atom stereocenters. The summed E-state index contributed by atoms with van der Waals surface area (Å²) in [6.07, 6.45) is 1.34. The minimum Gasteiger partial charge on any atom is -0.480 e. The Bertz CT molecular complexity index is 428. The Kier molecular flexibility index (Phi) is 8.22. The van der Waals surface area contributed by atoms with Crippen LogP contribution >= 0.6 is 0 Å². The molecule has 142 valence electrons. The monoisotopic (exact) mass is 345 g/mol. The lowest BCUT2D eigenvalue weighted by Gasteiger charge is -2.33. The summed E-state index contributed by atoms with van der Waals surface area (Å²) in [7, 11) is 0. The standard InChI is InChI=1S/C18H35NO5/c1-9-17(6,7)23-12-11-18(8,10-2)24-15(22)19-13(14(20)21)16(3,4)5/h13H,9-12H2,1-8H3,(H,19,22)(H,20,21). The molecule has 24 heavy (non-hydrogen) atoms. The van der Waals surface area contributed by atoms with Gasteiger partial charge in [0.05, 0.1) is 12.2 Å². The second-order valence-electron chi connectivity index (χ2n) is 8.19. The number of alkyl carbamates (subject to hydrolysis) is 1. The molecule has 0 rings (SSSR count). The number of ether oxygens (including phenoxy) is 2. The zero-order valence-electron chi connectivity index (χ0n) is 16.5. The average molecular weight is 345 g/mol. The Morgan fingerprint density at radius 2 is 1.58 bits per heavy atom. The molecule has 6 nitrogen and oxygen atoms in total. The van der Waals surface area contributed by atoms with E-state index >= 15 is 0 Å². The van der Waals surface area contributed by atoms with E-state index < -0.39 is 29.1 Å². The van der Waals surface area contributed by atoms with Crippen molar-refractivity contribution in [3.63, 3.8) is 0 Å². The first-order valence-electron chi connectivity index (χ1n) is 8.62. The molecule has 2 N–H and O–H groups in total. The molecule has 0 aliphatic heterocycles. The molecule has 0 aromatic heterocycles. The number of amides is 1. The normalized spacial score (nSPS) is 16.2. The largest absolute Gasteiger partial charge is 0.480 e. The van der Waals surface area contributed by atoms with Crippen molar-refractivity contribution in [2.45, 2.75) is 91.9 Å². The number of nitrogens with one attached hydrogen (secondary N) is 1. The van der Waals surface area contributed by atoms with Gasteiger partial charge in [0.2, 0.25) is 0 Å². The molecule has 0 aliphatic rings. The molecule has 0 aliphatic carbocycles. The second kappa shape index (κ2) is 8.70. The Morgan fingerprint density at radius 1 is 1.04 bits per heavy atom. The van der Waals surface area contributed by atoms with Crippen LogP contribution in [0.3, 0.4) is 0 Å². The maximum Gasteiger partial charge on any atom is 0.408 e. The van der Waals surface area contributed by atoms with Gasteiger partial charge in [0.25, 0.3) is 0 Å².